The monoisotopic (exact) mass is 251 g/mol. The van der Waals surface area contributed by atoms with Crippen molar-refractivity contribution in [2.24, 2.45) is 0 Å². The minimum atomic E-state index is -3.18. The minimum absolute atomic E-state index is 0.385. The third kappa shape index (κ3) is 2.28. The molecule has 17 heavy (non-hydrogen) atoms. The molecule has 92 valence electrons. The molecule has 0 aliphatic carbocycles. The standard InChI is InChI=1S/C13H17NO2S/c1-9-8-17(15,16)13-5-4-11(7-12(9)13)6-10(2)14-3/h4-5,7-8,10,14H,6H2,1-3H3. The molecule has 0 spiro atoms. The van der Waals surface area contributed by atoms with Crippen molar-refractivity contribution < 1.29 is 8.42 Å². The summed E-state index contributed by atoms with van der Waals surface area (Å²) in [5.41, 5.74) is 2.85. The zero-order valence-corrected chi connectivity index (χ0v) is 11.1. The molecule has 1 atom stereocenters. The van der Waals surface area contributed by atoms with E-state index < -0.39 is 9.84 Å². The summed E-state index contributed by atoms with van der Waals surface area (Å²) in [6, 6.07) is 5.99. The van der Waals surface area contributed by atoms with Crippen LogP contribution in [0.3, 0.4) is 0 Å². The van der Waals surface area contributed by atoms with Gasteiger partial charge in [0.25, 0.3) is 0 Å². The number of hydrogen-bond acceptors (Lipinski definition) is 3. The van der Waals surface area contributed by atoms with Gasteiger partial charge in [-0.05, 0) is 50.1 Å². The van der Waals surface area contributed by atoms with E-state index in [0.29, 0.717) is 10.9 Å². The van der Waals surface area contributed by atoms with Crippen LogP contribution in [0, 0.1) is 0 Å². The Morgan fingerprint density at radius 3 is 2.71 bits per heavy atom. The van der Waals surface area contributed by atoms with E-state index in [1.807, 2.05) is 26.1 Å². The quantitative estimate of drug-likeness (QED) is 0.893. The second kappa shape index (κ2) is 4.27. The van der Waals surface area contributed by atoms with Gasteiger partial charge in [0.1, 0.15) is 0 Å². The van der Waals surface area contributed by atoms with Gasteiger partial charge in [-0.1, -0.05) is 12.1 Å². The van der Waals surface area contributed by atoms with E-state index in [1.54, 1.807) is 6.07 Å². The van der Waals surface area contributed by atoms with Crippen molar-refractivity contribution in [3.63, 3.8) is 0 Å². The number of fused-ring (bicyclic) bond motifs is 1. The third-order valence-corrected chi connectivity index (χ3v) is 4.77. The fraction of sp³-hybridized carbons (Fsp3) is 0.385. The maximum absolute atomic E-state index is 11.8. The van der Waals surface area contributed by atoms with Gasteiger partial charge >= 0.3 is 0 Å². The van der Waals surface area contributed by atoms with Crippen LogP contribution in [0.15, 0.2) is 28.5 Å². The van der Waals surface area contributed by atoms with Gasteiger partial charge in [-0.25, -0.2) is 8.42 Å². The van der Waals surface area contributed by atoms with Crippen molar-refractivity contribution >= 4 is 15.4 Å². The first-order chi connectivity index (χ1) is 7.94. The fourth-order valence-corrected chi connectivity index (χ4v) is 3.58. The van der Waals surface area contributed by atoms with Crippen LogP contribution in [0.5, 0.6) is 0 Å². The van der Waals surface area contributed by atoms with Crippen LogP contribution < -0.4 is 5.32 Å². The van der Waals surface area contributed by atoms with E-state index in [-0.39, 0.29) is 0 Å². The van der Waals surface area contributed by atoms with E-state index in [9.17, 15) is 8.42 Å². The van der Waals surface area contributed by atoms with Gasteiger partial charge in [-0.2, -0.15) is 0 Å². The molecule has 1 aliphatic rings. The normalized spacial score (nSPS) is 18.6. The molecule has 1 aliphatic heterocycles. The molecule has 3 nitrogen and oxygen atoms in total. The Balaban J connectivity index is 2.40. The molecule has 1 heterocycles. The molecule has 0 saturated carbocycles. The molecule has 0 bridgehead atoms. The molecule has 2 rings (SSSR count). The predicted molar refractivity (Wildman–Crippen MR) is 69.5 cm³/mol. The highest BCUT2D eigenvalue weighted by molar-refractivity contribution is 7.95. The largest absolute Gasteiger partial charge is 0.317 e. The summed E-state index contributed by atoms with van der Waals surface area (Å²) >= 11 is 0. The Labute approximate surface area is 102 Å². The van der Waals surface area contributed by atoms with Gasteiger partial charge in [-0.15, -0.1) is 0 Å². The van der Waals surface area contributed by atoms with Crippen LogP contribution in [0.25, 0.3) is 5.57 Å². The number of sulfone groups is 1. The lowest BCUT2D eigenvalue weighted by molar-refractivity contribution is 0.604. The second-order valence-corrected chi connectivity index (χ2v) is 6.34. The summed E-state index contributed by atoms with van der Waals surface area (Å²) in [6.45, 7) is 3.95. The number of nitrogens with one attached hydrogen (secondary N) is 1. The number of rotatable bonds is 3. The maximum Gasteiger partial charge on any atom is 0.200 e. The van der Waals surface area contributed by atoms with Crippen molar-refractivity contribution in [1.29, 1.82) is 0 Å². The first kappa shape index (κ1) is 12.3. The lowest BCUT2D eigenvalue weighted by atomic mass is 10.0. The highest BCUT2D eigenvalue weighted by atomic mass is 32.2. The summed E-state index contributed by atoms with van der Waals surface area (Å²) in [4.78, 5) is 0.441. The van der Waals surface area contributed by atoms with Crippen molar-refractivity contribution in [3.8, 4) is 0 Å². The topological polar surface area (TPSA) is 46.2 Å². The average molecular weight is 251 g/mol. The highest BCUT2D eigenvalue weighted by Crippen LogP contribution is 2.33. The zero-order valence-electron chi connectivity index (χ0n) is 10.3. The van der Waals surface area contributed by atoms with Gasteiger partial charge in [0.15, 0.2) is 0 Å². The fourth-order valence-electron chi connectivity index (χ4n) is 2.08. The molecule has 4 heteroatoms. The molecule has 1 aromatic carbocycles. The maximum atomic E-state index is 11.8. The van der Waals surface area contributed by atoms with Crippen LogP contribution >= 0.6 is 0 Å². The molecule has 1 unspecified atom stereocenters. The molecular weight excluding hydrogens is 234 g/mol. The Morgan fingerprint density at radius 2 is 2.06 bits per heavy atom. The molecule has 0 aromatic heterocycles. The van der Waals surface area contributed by atoms with Crippen LogP contribution in [0.2, 0.25) is 0 Å². The average Bonchev–Trinajstić information content (AvgIpc) is 2.49. The van der Waals surface area contributed by atoms with Crippen molar-refractivity contribution in [1.82, 2.24) is 5.32 Å². The van der Waals surface area contributed by atoms with E-state index in [0.717, 1.165) is 23.1 Å². The lowest BCUT2D eigenvalue weighted by Gasteiger charge is -2.11. The Morgan fingerprint density at radius 1 is 1.35 bits per heavy atom. The Hall–Kier alpha value is -1.13. The van der Waals surface area contributed by atoms with Crippen molar-refractivity contribution in [2.75, 3.05) is 7.05 Å². The van der Waals surface area contributed by atoms with Crippen molar-refractivity contribution in [3.05, 3.63) is 34.7 Å². The summed E-state index contributed by atoms with van der Waals surface area (Å²) in [7, 11) is -1.26. The van der Waals surface area contributed by atoms with Crippen LogP contribution in [0.4, 0.5) is 0 Å². The molecule has 0 radical (unpaired) electrons. The third-order valence-electron chi connectivity index (χ3n) is 3.14. The molecule has 1 N–H and O–H groups in total. The van der Waals surface area contributed by atoms with E-state index in [1.165, 1.54) is 5.41 Å². The Kier molecular flexibility index (Phi) is 3.10. The molecule has 0 amide bonds. The molecule has 1 aromatic rings. The second-order valence-electron chi connectivity index (χ2n) is 4.57. The smallest absolute Gasteiger partial charge is 0.200 e. The van der Waals surface area contributed by atoms with Gasteiger partial charge in [0, 0.05) is 11.4 Å². The Bertz CT molecular complexity index is 573. The van der Waals surface area contributed by atoms with E-state index in [4.69, 9.17) is 0 Å². The minimum Gasteiger partial charge on any atom is -0.317 e. The number of benzene rings is 1. The molecule has 0 saturated heterocycles. The van der Waals surface area contributed by atoms with Gasteiger partial charge in [-0.3, -0.25) is 0 Å². The van der Waals surface area contributed by atoms with Crippen LogP contribution in [-0.4, -0.2) is 21.5 Å². The van der Waals surface area contributed by atoms with Gasteiger partial charge in [0.2, 0.25) is 9.84 Å². The van der Waals surface area contributed by atoms with E-state index >= 15 is 0 Å². The molecular formula is C13H17NO2S. The summed E-state index contributed by atoms with van der Waals surface area (Å²) in [5.74, 6) is 0. The number of hydrogen-bond donors (Lipinski definition) is 1. The van der Waals surface area contributed by atoms with Crippen molar-refractivity contribution in [2.45, 2.75) is 31.2 Å². The summed E-state index contributed by atoms with van der Waals surface area (Å²) in [5, 5.41) is 4.53. The lowest BCUT2D eigenvalue weighted by Crippen LogP contribution is -2.23. The van der Waals surface area contributed by atoms with Gasteiger partial charge in [0.05, 0.1) is 4.90 Å². The van der Waals surface area contributed by atoms with E-state index in [2.05, 4.69) is 12.2 Å². The first-order valence-electron chi connectivity index (χ1n) is 5.68. The number of likely N-dealkylation sites (N-methyl/N-ethyl adjacent to an activating group) is 1. The van der Waals surface area contributed by atoms with Crippen LogP contribution in [0.1, 0.15) is 25.0 Å². The first-order valence-corrected chi connectivity index (χ1v) is 7.22. The number of allylic oxidation sites excluding steroid dienone is 1. The summed E-state index contributed by atoms with van der Waals surface area (Å²) < 4.78 is 23.5. The van der Waals surface area contributed by atoms with Crippen LogP contribution in [-0.2, 0) is 16.3 Å². The van der Waals surface area contributed by atoms with Gasteiger partial charge < -0.3 is 5.32 Å². The molecule has 0 fully saturated rings. The highest BCUT2D eigenvalue weighted by Gasteiger charge is 2.24. The SMILES string of the molecule is CNC(C)Cc1ccc2c(c1)C(C)=CS2(=O)=O. The zero-order chi connectivity index (χ0) is 12.6. The summed E-state index contributed by atoms with van der Waals surface area (Å²) in [6.07, 6.45) is 0.900. The predicted octanol–water partition coefficient (Wildman–Crippen LogP) is 1.99.